The maximum atomic E-state index is 11.6. The van der Waals surface area contributed by atoms with Gasteiger partial charge in [-0.15, -0.1) is 0 Å². The predicted octanol–water partition coefficient (Wildman–Crippen LogP) is 0.913. The molecule has 1 aromatic carbocycles. The highest BCUT2D eigenvalue weighted by molar-refractivity contribution is 5.78. The van der Waals surface area contributed by atoms with Gasteiger partial charge in [0.1, 0.15) is 0 Å². The molecular formula is C13H18N2O3. The summed E-state index contributed by atoms with van der Waals surface area (Å²) in [5.74, 6) is -1.76. The van der Waals surface area contributed by atoms with Crippen LogP contribution in [0, 0.1) is 5.92 Å². The second-order valence-corrected chi connectivity index (χ2v) is 4.26. The zero-order valence-electron chi connectivity index (χ0n) is 10.3. The van der Waals surface area contributed by atoms with Gasteiger partial charge in [0, 0.05) is 19.0 Å². The number of amides is 1. The molecule has 0 heterocycles. The van der Waals surface area contributed by atoms with Gasteiger partial charge in [-0.2, -0.15) is 0 Å². The standard InChI is InChI=1S/C13H18N2O3/c1-9(13(17)18)8-15-12(16)7-11(14)10-5-3-2-4-6-10/h2-6,9,11H,7-8,14H2,1H3,(H,15,16)(H,17,18). The third-order valence-electron chi connectivity index (χ3n) is 2.66. The summed E-state index contributed by atoms with van der Waals surface area (Å²) in [6.45, 7) is 1.66. The van der Waals surface area contributed by atoms with E-state index < -0.39 is 11.9 Å². The molecule has 0 bridgehead atoms. The predicted molar refractivity (Wildman–Crippen MR) is 67.8 cm³/mol. The topological polar surface area (TPSA) is 92.4 Å². The summed E-state index contributed by atoms with van der Waals surface area (Å²) in [7, 11) is 0. The maximum absolute atomic E-state index is 11.6. The Hall–Kier alpha value is -1.88. The van der Waals surface area contributed by atoms with E-state index >= 15 is 0 Å². The average Bonchev–Trinajstić information content (AvgIpc) is 2.36. The minimum absolute atomic E-state index is 0.121. The van der Waals surface area contributed by atoms with Gasteiger partial charge in [0.15, 0.2) is 0 Å². The molecule has 0 aliphatic heterocycles. The summed E-state index contributed by atoms with van der Waals surface area (Å²) < 4.78 is 0. The van der Waals surface area contributed by atoms with Crippen molar-refractivity contribution in [3.05, 3.63) is 35.9 Å². The van der Waals surface area contributed by atoms with Gasteiger partial charge in [0.05, 0.1) is 5.92 Å². The molecule has 2 unspecified atom stereocenters. The van der Waals surface area contributed by atoms with Gasteiger partial charge >= 0.3 is 5.97 Å². The monoisotopic (exact) mass is 250 g/mol. The lowest BCUT2D eigenvalue weighted by Gasteiger charge is -2.13. The summed E-state index contributed by atoms with van der Waals surface area (Å²) in [5.41, 5.74) is 6.77. The van der Waals surface area contributed by atoms with E-state index in [-0.39, 0.29) is 24.9 Å². The van der Waals surface area contributed by atoms with Crippen molar-refractivity contribution in [2.45, 2.75) is 19.4 Å². The van der Waals surface area contributed by atoms with Crippen molar-refractivity contribution < 1.29 is 14.7 Å². The minimum atomic E-state index is -0.928. The Labute approximate surface area is 106 Å². The van der Waals surface area contributed by atoms with E-state index in [0.717, 1.165) is 5.56 Å². The van der Waals surface area contributed by atoms with Crippen LogP contribution in [0.2, 0.25) is 0 Å². The van der Waals surface area contributed by atoms with E-state index in [4.69, 9.17) is 10.8 Å². The van der Waals surface area contributed by atoms with Crippen LogP contribution in [0.3, 0.4) is 0 Å². The molecule has 5 nitrogen and oxygen atoms in total. The number of carbonyl (C=O) groups excluding carboxylic acids is 1. The molecule has 1 amide bonds. The Balaban J connectivity index is 2.39. The highest BCUT2D eigenvalue weighted by atomic mass is 16.4. The van der Waals surface area contributed by atoms with Crippen LogP contribution < -0.4 is 11.1 Å². The first-order chi connectivity index (χ1) is 8.50. The molecule has 2 atom stereocenters. The van der Waals surface area contributed by atoms with E-state index in [1.165, 1.54) is 0 Å². The fourth-order valence-electron chi connectivity index (χ4n) is 1.44. The second-order valence-electron chi connectivity index (χ2n) is 4.26. The molecule has 1 rings (SSSR count). The largest absolute Gasteiger partial charge is 0.481 e. The van der Waals surface area contributed by atoms with Crippen LogP contribution in [-0.4, -0.2) is 23.5 Å². The lowest BCUT2D eigenvalue weighted by molar-refractivity contribution is -0.141. The van der Waals surface area contributed by atoms with Crippen LogP contribution >= 0.6 is 0 Å². The molecule has 1 aromatic rings. The van der Waals surface area contributed by atoms with Crippen molar-refractivity contribution in [1.29, 1.82) is 0 Å². The van der Waals surface area contributed by atoms with Crippen LogP contribution in [0.25, 0.3) is 0 Å². The van der Waals surface area contributed by atoms with Crippen molar-refractivity contribution >= 4 is 11.9 Å². The van der Waals surface area contributed by atoms with Gasteiger partial charge in [-0.3, -0.25) is 9.59 Å². The number of benzene rings is 1. The smallest absolute Gasteiger partial charge is 0.308 e. The zero-order valence-corrected chi connectivity index (χ0v) is 10.3. The number of rotatable bonds is 6. The number of nitrogens with two attached hydrogens (primary N) is 1. The van der Waals surface area contributed by atoms with Crippen molar-refractivity contribution in [1.82, 2.24) is 5.32 Å². The van der Waals surface area contributed by atoms with Crippen LogP contribution in [0.4, 0.5) is 0 Å². The van der Waals surface area contributed by atoms with E-state index in [0.29, 0.717) is 0 Å². The van der Waals surface area contributed by atoms with Crippen LogP contribution in [0.5, 0.6) is 0 Å². The summed E-state index contributed by atoms with van der Waals surface area (Å²) >= 11 is 0. The van der Waals surface area contributed by atoms with Gasteiger partial charge < -0.3 is 16.2 Å². The summed E-state index contributed by atoms with van der Waals surface area (Å²) in [5, 5.41) is 11.2. The Morgan fingerprint density at radius 2 is 1.94 bits per heavy atom. The lowest BCUT2D eigenvalue weighted by atomic mass is 10.0. The molecule has 0 spiro atoms. The third-order valence-corrected chi connectivity index (χ3v) is 2.66. The van der Waals surface area contributed by atoms with Crippen molar-refractivity contribution in [3.8, 4) is 0 Å². The maximum Gasteiger partial charge on any atom is 0.308 e. The highest BCUT2D eigenvalue weighted by Crippen LogP contribution is 2.12. The summed E-state index contributed by atoms with van der Waals surface area (Å²) in [4.78, 5) is 22.1. The van der Waals surface area contributed by atoms with Gasteiger partial charge in [0.25, 0.3) is 0 Å². The first kappa shape index (κ1) is 14.2. The average molecular weight is 250 g/mol. The summed E-state index contributed by atoms with van der Waals surface area (Å²) in [6.07, 6.45) is 0.149. The number of aliphatic carboxylic acids is 1. The molecule has 0 radical (unpaired) electrons. The van der Waals surface area contributed by atoms with Crippen LogP contribution in [-0.2, 0) is 9.59 Å². The molecule has 0 saturated heterocycles. The number of carboxylic acids is 1. The SMILES string of the molecule is CC(CNC(=O)CC(N)c1ccccc1)C(=O)O. The Morgan fingerprint density at radius 3 is 2.50 bits per heavy atom. The van der Waals surface area contributed by atoms with Crippen molar-refractivity contribution in [2.75, 3.05) is 6.54 Å². The van der Waals surface area contributed by atoms with Gasteiger partial charge in [-0.1, -0.05) is 37.3 Å². The number of carboxylic acid groups (broad SMARTS) is 1. The first-order valence-electron chi connectivity index (χ1n) is 5.80. The van der Waals surface area contributed by atoms with Crippen LogP contribution in [0.1, 0.15) is 24.9 Å². The number of carbonyl (C=O) groups is 2. The van der Waals surface area contributed by atoms with E-state index in [1.54, 1.807) is 6.92 Å². The minimum Gasteiger partial charge on any atom is -0.481 e. The third kappa shape index (κ3) is 4.55. The van der Waals surface area contributed by atoms with Gasteiger partial charge in [-0.25, -0.2) is 0 Å². The second kappa shape index (κ2) is 6.76. The molecule has 0 fully saturated rings. The van der Waals surface area contributed by atoms with Crippen LogP contribution in [0.15, 0.2) is 30.3 Å². The number of hydrogen-bond donors (Lipinski definition) is 3. The van der Waals surface area contributed by atoms with Crippen molar-refractivity contribution in [2.24, 2.45) is 11.7 Å². The van der Waals surface area contributed by atoms with Gasteiger partial charge in [-0.05, 0) is 5.56 Å². The van der Waals surface area contributed by atoms with Crippen molar-refractivity contribution in [3.63, 3.8) is 0 Å². The number of hydrogen-bond acceptors (Lipinski definition) is 3. The fourth-order valence-corrected chi connectivity index (χ4v) is 1.44. The van der Waals surface area contributed by atoms with Gasteiger partial charge in [0.2, 0.25) is 5.91 Å². The fraction of sp³-hybridized carbons (Fsp3) is 0.385. The molecule has 0 aliphatic rings. The molecule has 18 heavy (non-hydrogen) atoms. The zero-order chi connectivity index (χ0) is 13.5. The Kier molecular flexibility index (Phi) is 5.32. The Bertz CT molecular complexity index is 406. The molecule has 0 aliphatic carbocycles. The Morgan fingerprint density at radius 1 is 1.33 bits per heavy atom. The molecular weight excluding hydrogens is 232 g/mol. The molecule has 0 saturated carbocycles. The highest BCUT2D eigenvalue weighted by Gasteiger charge is 2.14. The molecule has 98 valence electrons. The van der Waals surface area contributed by atoms with E-state index in [2.05, 4.69) is 5.32 Å². The van der Waals surface area contributed by atoms with E-state index in [9.17, 15) is 9.59 Å². The molecule has 0 aromatic heterocycles. The molecule has 4 N–H and O–H groups in total. The summed E-state index contributed by atoms with van der Waals surface area (Å²) in [6, 6.07) is 8.95. The molecule has 5 heteroatoms. The van der Waals surface area contributed by atoms with E-state index in [1.807, 2.05) is 30.3 Å². The lowest BCUT2D eigenvalue weighted by Crippen LogP contribution is -2.33. The first-order valence-corrected chi connectivity index (χ1v) is 5.80. The normalized spacial score (nSPS) is 13.7. The quantitative estimate of drug-likeness (QED) is 0.699. The number of nitrogens with one attached hydrogen (secondary N) is 1.